The summed E-state index contributed by atoms with van der Waals surface area (Å²) in [7, 11) is 0. The maximum absolute atomic E-state index is 4.35. The van der Waals surface area contributed by atoms with E-state index in [1.54, 1.807) is 24.8 Å². The second-order valence-corrected chi connectivity index (χ2v) is 6.43. The molecule has 0 aliphatic carbocycles. The van der Waals surface area contributed by atoms with E-state index < -0.39 is 0 Å². The molecule has 0 spiro atoms. The summed E-state index contributed by atoms with van der Waals surface area (Å²) in [4.78, 5) is 17.4. The van der Waals surface area contributed by atoms with Crippen LogP contribution in [0.2, 0.25) is 0 Å². The van der Waals surface area contributed by atoms with Gasteiger partial charge in [-0.15, -0.1) is 0 Å². The van der Waals surface area contributed by atoms with E-state index in [9.17, 15) is 0 Å². The first-order valence-corrected chi connectivity index (χ1v) is 9.07. The molecule has 137 valence electrons. The molecule has 6 aromatic rings. The van der Waals surface area contributed by atoms with Crippen molar-refractivity contribution < 1.29 is 17.1 Å². The van der Waals surface area contributed by atoms with Crippen molar-refractivity contribution in [3.63, 3.8) is 0 Å². The molecule has 4 aromatic heterocycles. The smallest absolute Gasteiger partial charge is 0.254 e. The Morgan fingerprint density at radius 3 is 0.828 bits per heavy atom. The molecule has 0 unspecified atom stereocenters. The largest absolute Gasteiger partial charge is 3.00 e. The van der Waals surface area contributed by atoms with Crippen molar-refractivity contribution in [2.45, 2.75) is 0 Å². The van der Waals surface area contributed by atoms with Crippen LogP contribution in [-0.4, -0.2) is 19.9 Å². The molecule has 0 saturated heterocycles. The third-order valence-electron chi connectivity index (χ3n) is 4.69. The van der Waals surface area contributed by atoms with Crippen molar-refractivity contribution in [2.75, 3.05) is 0 Å². The Kier molecular flexibility index (Phi) is 5.43. The van der Waals surface area contributed by atoms with Crippen LogP contribution in [0.5, 0.6) is 0 Å². The Balaban J connectivity index is 0.000000137. The Morgan fingerprint density at radius 1 is 0.345 bits per heavy atom. The standard InChI is InChI=1S/2C12H8N2.Fe/c2*1-3-9-5-6-10-4-2-8-14-12(10)11(9)13-7-1;/h2*1-8H;/q;;+3. The van der Waals surface area contributed by atoms with Gasteiger partial charge in [0.05, 0.1) is 22.1 Å². The molecule has 4 heterocycles. The predicted octanol–water partition coefficient (Wildman–Crippen LogP) is 5.56. The van der Waals surface area contributed by atoms with Gasteiger partial charge in [-0.05, 0) is 24.3 Å². The summed E-state index contributed by atoms with van der Waals surface area (Å²) in [5, 5.41) is 4.55. The zero-order chi connectivity index (χ0) is 18.8. The van der Waals surface area contributed by atoms with Crippen LogP contribution in [0.3, 0.4) is 0 Å². The molecule has 0 amide bonds. The molecule has 0 aliphatic heterocycles. The molecule has 0 N–H and O–H groups in total. The van der Waals surface area contributed by atoms with Gasteiger partial charge in [0, 0.05) is 46.3 Å². The first kappa shape index (κ1) is 18.9. The molecule has 0 aliphatic rings. The van der Waals surface area contributed by atoms with Crippen molar-refractivity contribution >= 4 is 43.6 Å². The zero-order valence-electron chi connectivity index (χ0n) is 15.4. The Labute approximate surface area is 178 Å². The Bertz CT molecular complexity index is 1210. The molecule has 0 bridgehead atoms. The summed E-state index contributed by atoms with van der Waals surface area (Å²) in [5.41, 5.74) is 3.91. The fourth-order valence-electron chi connectivity index (χ4n) is 3.36. The van der Waals surface area contributed by atoms with Crippen LogP contribution in [0.15, 0.2) is 97.6 Å². The summed E-state index contributed by atoms with van der Waals surface area (Å²) in [5.74, 6) is 0. The zero-order valence-corrected chi connectivity index (χ0v) is 16.5. The van der Waals surface area contributed by atoms with Crippen LogP contribution >= 0.6 is 0 Å². The van der Waals surface area contributed by atoms with E-state index in [0.717, 1.165) is 43.6 Å². The summed E-state index contributed by atoms with van der Waals surface area (Å²) in [6.45, 7) is 0. The molecule has 2 aromatic carbocycles. The molecule has 4 nitrogen and oxygen atoms in total. The number of pyridine rings is 4. The van der Waals surface area contributed by atoms with Crippen LogP contribution in [0.25, 0.3) is 43.6 Å². The summed E-state index contributed by atoms with van der Waals surface area (Å²) in [6, 6.07) is 24.3. The van der Waals surface area contributed by atoms with Crippen LogP contribution in [0.4, 0.5) is 0 Å². The minimum absolute atomic E-state index is 0. The number of nitrogens with zero attached hydrogens (tertiary/aromatic N) is 4. The Morgan fingerprint density at radius 2 is 0.586 bits per heavy atom. The van der Waals surface area contributed by atoms with E-state index in [1.807, 2.05) is 24.3 Å². The molecule has 29 heavy (non-hydrogen) atoms. The fourth-order valence-corrected chi connectivity index (χ4v) is 3.36. The van der Waals surface area contributed by atoms with Crippen molar-refractivity contribution in [3.8, 4) is 0 Å². The van der Waals surface area contributed by atoms with E-state index in [4.69, 9.17) is 0 Å². The quantitative estimate of drug-likeness (QED) is 0.240. The van der Waals surface area contributed by atoms with E-state index in [2.05, 4.69) is 68.5 Å². The van der Waals surface area contributed by atoms with Gasteiger partial charge in [0.2, 0.25) is 0 Å². The fraction of sp³-hybridized carbons (Fsp3) is 0. The molecule has 1 radical (unpaired) electrons. The number of benzene rings is 2. The van der Waals surface area contributed by atoms with Gasteiger partial charge in [-0.1, -0.05) is 48.5 Å². The van der Waals surface area contributed by atoms with Crippen LogP contribution in [-0.2, 0) is 17.1 Å². The number of hydrogen-bond acceptors (Lipinski definition) is 4. The molecule has 0 saturated carbocycles. The molecule has 6 rings (SSSR count). The van der Waals surface area contributed by atoms with Crippen LogP contribution in [0, 0.1) is 0 Å². The maximum atomic E-state index is 4.35. The van der Waals surface area contributed by atoms with Gasteiger partial charge in [0.15, 0.2) is 0 Å². The molecule has 0 atom stereocenters. The van der Waals surface area contributed by atoms with E-state index >= 15 is 0 Å². The first-order valence-electron chi connectivity index (χ1n) is 9.07. The maximum Gasteiger partial charge on any atom is 3.00 e. The summed E-state index contributed by atoms with van der Waals surface area (Å²) in [6.07, 6.45) is 7.21. The van der Waals surface area contributed by atoms with Gasteiger partial charge in [-0.3, -0.25) is 19.9 Å². The average molecular weight is 416 g/mol. The summed E-state index contributed by atoms with van der Waals surface area (Å²) >= 11 is 0. The third kappa shape index (κ3) is 3.66. The minimum Gasteiger partial charge on any atom is -0.254 e. The molecule has 5 heteroatoms. The van der Waals surface area contributed by atoms with Gasteiger partial charge < -0.3 is 0 Å². The van der Waals surface area contributed by atoms with Gasteiger partial charge >= 0.3 is 17.1 Å². The van der Waals surface area contributed by atoms with Crippen molar-refractivity contribution in [1.29, 1.82) is 0 Å². The average Bonchev–Trinajstić information content (AvgIpc) is 2.79. The van der Waals surface area contributed by atoms with Crippen molar-refractivity contribution in [3.05, 3.63) is 97.6 Å². The Hall–Kier alpha value is -3.40. The normalized spacial score (nSPS) is 10.5. The van der Waals surface area contributed by atoms with E-state index in [-0.39, 0.29) is 17.1 Å². The van der Waals surface area contributed by atoms with Crippen LogP contribution < -0.4 is 0 Å². The van der Waals surface area contributed by atoms with Crippen molar-refractivity contribution in [1.82, 2.24) is 19.9 Å². The predicted molar refractivity (Wildman–Crippen MR) is 114 cm³/mol. The van der Waals surface area contributed by atoms with Gasteiger partial charge in [0.25, 0.3) is 0 Å². The van der Waals surface area contributed by atoms with Gasteiger partial charge in [-0.2, -0.15) is 0 Å². The topological polar surface area (TPSA) is 51.6 Å². The van der Waals surface area contributed by atoms with Gasteiger partial charge in [0.1, 0.15) is 0 Å². The SMILES string of the molecule is [Fe+3].c1cnc2c(c1)ccc1cccnc12.c1cnc2c(c1)ccc1cccnc12. The molecular weight excluding hydrogens is 400 g/mol. The molecular formula is C24H16FeN4+3. The number of fused-ring (bicyclic) bond motifs is 6. The van der Waals surface area contributed by atoms with E-state index in [1.165, 1.54) is 0 Å². The number of rotatable bonds is 0. The van der Waals surface area contributed by atoms with E-state index in [0.29, 0.717) is 0 Å². The monoisotopic (exact) mass is 416 g/mol. The second kappa shape index (κ2) is 8.31. The first-order chi connectivity index (χ1) is 13.9. The third-order valence-corrected chi connectivity index (χ3v) is 4.69. The number of aromatic nitrogens is 4. The van der Waals surface area contributed by atoms with Gasteiger partial charge in [-0.25, -0.2) is 0 Å². The second-order valence-electron chi connectivity index (χ2n) is 6.43. The molecule has 0 fully saturated rings. The number of hydrogen-bond donors (Lipinski definition) is 0. The minimum atomic E-state index is 0. The summed E-state index contributed by atoms with van der Waals surface area (Å²) < 4.78 is 0. The van der Waals surface area contributed by atoms with Crippen LogP contribution in [0.1, 0.15) is 0 Å². The van der Waals surface area contributed by atoms with Crippen molar-refractivity contribution in [2.24, 2.45) is 0 Å².